The van der Waals surface area contributed by atoms with Crippen molar-refractivity contribution in [1.29, 1.82) is 0 Å². The van der Waals surface area contributed by atoms with E-state index in [1.165, 1.54) is 5.56 Å². The molecule has 6 nitrogen and oxygen atoms in total. The largest absolute Gasteiger partial charge is 0.357 e. The van der Waals surface area contributed by atoms with Crippen LogP contribution in [0.1, 0.15) is 5.56 Å². The van der Waals surface area contributed by atoms with Crippen molar-refractivity contribution in [1.82, 2.24) is 24.9 Å². The lowest BCUT2D eigenvalue weighted by atomic mass is 10.2. The number of aromatic nitrogens is 5. The summed E-state index contributed by atoms with van der Waals surface area (Å²) in [5.74, 6) is 0.756. The molecule has 20 heavy (non-hydrogen) atoms. The predicted octanol–water partition coefficient (Wildman–Crippen LogP) is 2.08. The van der Waals surface area contributed by atoms with Gasteiger partial charge in [0.1, 0.15) is 5.52 Å². The molecule has 0 unspecified atom stereocenters. The summed E-state index contributed by atoms with van der Waals surface area (Å²) in [6.07, 6.45) is 6.08. The van der Waals surface area contributed by atoms with Crippen molar-refractivity contribution < 1.29 is 0 Å². The topological polar surface area (TPSA) is 70.6 Å². The van der Waals surface area contributed by atoms with Gasteiger partial charge >= 0.3 is 0 Å². The van der Waals surface area contributed by atoms with E-state index in [1.54, 1.807) is 18.7 Å². The summed E-state index contributed by atoms with van der Waals surface area (Å²) >= 11 is 5.93. The third kappa shape index (κ3) is 2.55. The molecule has 0 atom stereocenters. The lowest BCUT2D eigenvalue weighted by molar-refractivity contribution is 0.859. The van der Waals surface area contributed by atoms with Crippen LogP contribution in [0.15, 0.2) is 30.9 Å². The number of H-pyrrole nitrogens is 1. The molecule has 0 aliphatic heterocycles. The zero-order valence-electron chi connectivity index (χ0n) is 10.9. The number of pyridine rings is 1. The average molecular weight is 289 g/mol. The molecule has 0 saturated heterocycles. The maximum atomic E-state index is 5.93. The van der Waals surface area contributed by atoms with E-state index in [4.69, 9.17) is 11.6 Å². The Morgan fingerprint density at radius 2 is 2.05 bits per heavy atom. The summed E-state index contributed by atoms with van der Waals surface area (Å²) in [4.78, 5) is 21.6. The summed E-state index contributed by atoms with van der Waals surface area (Å²) in [5.41, 5.74) is 2.61. The minimum absolute atomic E-state index is 0.204. The number of anilines is 1. The molecule has 0 fully saturated rings. The highest BCUT2D eigenvalue weighted by molar-refractivity contribution is 6.28. The number of likely N-dealkylation sites (N-methyl/N-ethyl adjacent to an activating group) is 1. The van der Waals surface area contributed by atoms with Crippen LogP contribution >= 0.6 is 11.6 Å². The molecule has 3 heterocycles. The third-order valence-corrected chi connectivity index (χ3v) is 3.26. The number of nitrogens with one attached hydrogen (secondary N) is 1. The van der Waals surface area contributed by atoms with Crippen molar-refractivity contribution >= 4 is 28.6 Å². The Kier molecular flexibility index (Phi) is 3.47. The summed E-state index contributed by atoms with van der Waals surface area (Å²) < 4.78 is 0. The fourth-order valence-corrected chi connectivity index (χ4v) is 2.18. The second-order valence-electron chi connectivity index (χ2n) is 4.44. The van der Waals surface area contributed by atoms with Gasteiger partial charge in [-0.05, 0) is 35.7 Å². The summed E-state index contributed by atoms with van der Waals surface area (Å²) in [5, 5.41) is 0.204. The fraction of sp³-hybridized carbons (Fsp3) is 0.231. The van der Waals surface area contributed by atoms with E-state index in [9.17, 15) is 0 Å². The molecule has 0 bridgehead atoms. The standard InChI is InChI=1S/C13H13ClN6/c1-20(7-4-9-2-5-15-6-3-9)12-10-11(17-8-16-10)18-13(14)19-12/h2-3,5-6,8H,4,7H2,1H3,(H,16,17,18,19). The van der Waals surface area contributed by atoms with Crippen molar-refractivity contribution in [2.24, 2.45) is 0 Å². The zero-order chi connectivity index (χ0) is 13.9. The minimum atomic E-state index is 0.204. The number of hydrogen-bond donors (Lipinski definition) is 1. The lowest BCUT2D eigenvalue weighted by Crippen LogP contribution is -2.22. The highest BCUT2D eigenvalue weighted by Gasteiger charge is 2.12. The highest BCUT2D eigenvalue weighted by Crippen LogP contribution is 2.21. The summed E-state index contributed by atoms with van der Waals surface area (Å²) in [7, 11) is 1.97. The molecule has 102 valence electrons. The molecule has 0 aliphatic carbocycles. The molecule has 0 aromatic carbocycles. The molecule has 0 spiro atoms. The number of halogens is 1. The van der Waals surface area contributed by atoms with Gasteiger partial charge in [0.25, 0.3) is 0 Å². The fourth-order valence-electron chi connectivity index (χ4n) is 2.02. The van der Waals surface area contributed by atoms with E-state index in [2.05, 4.69) is 24.9 Å². The van der Waals surface area contributed by atoms with E-state index in [0.717, 1.165) is 24.3 Å². The number of fused-ring (bicyclic) bond motifs is 1. The van der Waals surface area contributed by atoms with Crippen LogP contribution in [0.2, 0.25) is 5.28 Å². The molecule has 0 aliphatic rings. The molecule has 0 amide bonds. The smallest absolute Gasteiger partial charge is 0.226 e. The minimum Gasteiger partial charge on any atom is -0.357 e. The second kappa shape index (κ2) is 5.42. The van der Waals surface area contributed by atoms with Crippen LogP contribution in [0, 0.1) is 0 Å². The van der Waals surface area contributed by atoms with Gasteiger partial charge in [-0.2, -0.15) is 9.97 Å². The van der Waals surface area contributed by atoms with E-state index in [1.807, 2.05) is 24.1 Å². The summed E-state index contributed by atoms with van der Waals surface area (Å²) in [6.45, 7) is 0.811. The number of hydrogen-bond acceptors (Lipinski definition) is 5. The van der Waals surface area contributed by atoms with E-state index < -0.39 is 0 Å². The first-order valence-electron chi connectivity index (χ1n) is 6.20. The van der Waals surface area contributed by atoms with Crippen LogP contribution in [-0.2, 0) is 6.42 Å². The quantitative estimate of drug-likeness (QED) is 0.744. The predicted molar refractivity (Wildman–Crippen MR) is 77.9 cm³/mol. The first kappa shape index (κ1) is 12.8. The zero-order valence-corrected chi connectivity index (χ0v) is 11.7. The second-order valence-corrected chi connectivity index (χ2v) is 4.78. The van der Waals surface area contributed by atoms with Crippen LogP contribution in [0.3, 0.4) is 0 Å². The first-order chi connectivity index (χ1) is 9.74. The molecule has 7 heteroatoms. The monoisotopic (exact) mass is 288 g/mol. The number of aromatic amines is 1. The van der Waals surface area contributed by atoms with Crippen molar-refractivity contribution in [3.05, 3.63) is 41.7 Å². The van der Waals surface area contributed by atoms with Gasteiger partial charge in [0.05, 0.1) is 6.33 Å². The van der Waals surface area contributed by atoms with Crippen LogP contribution in [0.4, 0.5) is 5.82 Å². The summed E-state index contributed by atoms with van der Waals surface area (Å²) in [6, 6.07) is 4.01. The number of nitrogens with zero attached hydrogens (tertiary/aromatic N) is 5. The molecule has 0 radical (unpaired) electrons. The maximum Gasteiger partial charge on any atom is 0.226 e. The Labute approximate surface area is 120 Å². The van der Waals surface area contributed by atoms with E-state index >= 15 is 0 Å². The lowest BCUT2D eigenvalue weighted by Gasteiger charge is -2.18. The van der Waals surface area contributed by atoms with Crippen LogP contribution in [0.25, 0.3) is 11.2 Å². The van der Waals surface area contributed by atoms with Crippen LogP contribution in [-0.4, -0.2) is 38.5 Å². The van der Waals surface area contributed by atoms with Gasteiger partial charge in [0.15, 0.2) is 11.5 Å². The first-order valence-corrected chi connectivity index (χ1v) is 6.58. The van der Waals surface area contributed by atoms with Gasteiger partial charge in [0.2, 0.25) is 5.28 Å². The Bertz CT molecular complexity index is 711. The Morgan fingerprint density at radius 1 is 1.25 bits per heavy atom. The Balaban J connectivity index is 1.82. The maximum absolute atomic E-state index is 5.93. The van der Waals surface area contributed by atoms with Gasteiger partial charge in [-0.25, -0.2) is 4.98 Å². The highest BCUT2D eigenvalue weighted by atomic mass is 35.5. The number of imidazole rings is 1. The molecule has 1 N–H and O–H groups in total. The molecule has 0 saturated carbocycles. The van der Waals surface area contributed by atoms with Gasteiger partial charge in [-0.15, -0.1) is 0 Å². The molecule has 3 aromatic heterocycles. The average Bonchev–Trinajstić information content (AvgIpc) is 2.93. The van der Waals surface area contributed by atoms with Gasteiger partial charge in [0, 0.05) is 26.0 Å². The SMILES string of the molecule is CN(CCc1ccncc1)c1nc(Cl)nc2nc[nH]c12. The van der Waals surface area contributed by atoms with Gasteiger partial charge in [-0.1, -0.05) is 0 Å². The van der Waals surface area contributed by atoms with Crippen LogP contribution < -0.4 is 4.90 Å². The van der Waals surface area contributed by atoms with E-state index in [0.29, 0.717) is 5.65 Å². The molecule has 3 rings (SSSR count). The van der Waals surface area contributed by atoms with Crippen molar-refractivity contribution in [3.8, 4) is 0 Å². The molecule has 3 aromatic rings. The number of rotatable bonds is 4. The third-order valence-electron chi connectivity index (χ3n) is 3.09. The van der Waals surface area contributed by atoms with Gasteiger partial charge in [-0.3, -0.25) is 4.98 Å². The molecular formula is C13H13ClN6. The van der Waals surface area contributed by atoms with Crippen molar-refractivity contribution in [2.75, 3.05) is 18.5 Å². The van der Waals surface area contributed by atoms with Crippen molar-refractivity contribution in [3.63, 3.8) is 0 Å². The van der Waals surface area contributed by atoms with Crippen molar-refractivity contribution in [2.45, 2.75) is 6.42 Å². The van der Waals surface area contributed by atoms with E-state index in [-0.39, 0.29) is 5.28 Å². The van der Waals surface area contributed by atoms with Crippen LogP contribution in [0.5, 0.6) is 0 Å². The molecular weight excluding hydrogens is 276 g/mol. The van der Waals surface area contributed by atoms with Gasteiger partial charge < -0.3 is 9.88 Å². The normalized spacial score (nSPS) is 10.9. The Hall–Kier alpha value is -2.21. The Morgan fingerprint density at radius 3 is 2.85 bits per heavy atom.